The Labute approximate surface area is 820 Å². The monoisotopic (exact) mass is 1860 g/mol. The Hall–Kier alpha value is -18.4. The Morgan fingerprint density at radius 1 is 0.149 bits per heavy atom. The first-order chi connectivity index (χ1) is 69.8. The van der Waals surface area contributed by atoms with Gasteiger partial charge >= 0.3 is 0 Å². The van der Waals surface area contributed by atoms with Crippen LogP contribution in [0.2, 0.25) is 0 Å². The van der Waals surface area contributed by atoms with Crippen molar-refractivity contribution in [2.75, 3.05) is 0 Å². The quantitative estimate of drug-likeness (QED) is 0.0935. The molecule has 0 spiro atoms. The van der Waals surface area contributed by atoms with E-state index in [0.29, 0.717) is 52.4 Å². The topological polar surface area (TPSA) is 206 Å². The molecule has 16 nitrogen and oxygen atoms in total. The van der Waals surface area contributed by atoms with Crippen molar-refractivity contribution < 1.29 is 0 Å². The average molecular weight is 1860 g/mol. The summed E-state index contributed by atoms with van der Waals surface area (Å²) in [5.41, 5.74) is 29.9. The van der Waals surface area contributed by atoms with E-state index < -0.39 is 0 Å². The molecule has 19 heteroatoms. The first kappa shape index (κ1) is 84.4. The third-order valence-electron chi connectivity index (χ3n) is 25.1. The van der Waals surface area contributed by atoms with E-state index in [4.69, 9.17) is 69.8 Å². The lowest BCUT2D eigenvalue weighted by Gasteiger charge is -2.10. The summed E-state index contributed by atoms with van der Waals surface area (Å²) in [4.78, 5) is 70.9. The van der Waals surface area contributed by atoms with Gasteiger partial charge in [-0.2, -0.15) is 0 Å². The van der Waals surface area contributed by atoms with Gasteiger partial charge in [-0.15, -0.1) is 44.2 Å². The van der Waals surface area contributed by atoms with E-state index in [1.54, 1.807) is 34.0 Å². The highest BCUT2D eigenvalue weighted by Gasteiger charge is 2.23. The van der Waals surface area contributed by atoms with Gasteiger partial charge in [0.05, 0.1) is 37.0 Å². The zero-order valence-electron chi connectivity index (χ0n) is 75.1. The Bertz CT molecular complexity index is 9130. The minimum absolute atomic E-state index is 0.620. The third-order valence-corrected chi connectivity index (χ3v) is 28.4. The lowest BCUT2D eigenvalue weighted by Crippen LogP contribution is -2.00. The van der Waals surface area contributed by atoms with Gasteiger partial charge < -0.3 is 0 Å². The van der Waals surface area contributed by atoms with Gasteiger partial charge in [-0.3, -0.25) is 4.98 Å². The van der Waals surface area contributed by atoms with Gasteiger partial charge in [0, 0.05) is 93.0 Å². The second-order valence-corrected chi connectivity index (χ2v) is 37.0. The van der Waals surface area contributed by atoms with Crippen molar-refractivity contribution >= 4 is 128 Å². The summed E-state index contributed by atoms with van der Waals surface area (Å²) in [6.45, 7) is 0. The van der Waals surface area contributed by atoms with Crippen LogP contribution >= 0.6 is 34.0 Å². The molecule has 0 atom stereocenters. The number of aromatic nitrogens is 16. The maximum absolute atomic E-state index is 5.11. The van der Waals surface area contributed by atoms with Crippen molar-refractivity contribution in [3.05, 3.63) is 449 Å². The summed E-state index contributed by atoms with van der Waals surface area (Å²) in [6.07, 6.45) is 1.85. The van der Waals surface area contributed by atoms with Crippen LogP contribution in [0.5, 0.6) is 0 Å². The molecule has 10 heterocycles. The summed E-state index contributed by atoms with van der Waals surface area (Å²) in [5.74, 6) is 5.70. The molecule has 0 fully saturated rings. The molecule has 0 unspecified atom stereocenters. The largest absolute Gasteiger partial charge is 0.253 e. The molecule has 0 amide bonds. The van der Waals surface area contributed by atoms with Crippen LogP contribution in [0, 0.1) is 0 Å². The molecule has 0 saturated heterocycles. The van der Waals surface area contributed by atoms with Crippen LogP contribution < -0.4 is 0 Å². The Kier molecular flexibility index (Phi) is 22.1. The molecule has 17 aromatic carbocycles. The highest BCUT2D eigenvalue weighted by atomic mass is 32.1. The van der Waals surface area contributed by atoms with Crippen LogP contribution in [-0.4, -0.2) is 80.0 Å². The van der Waals surface area contributed by atoms with Crippen molar-refractivity contribution in [3.8, 4) is 169 Å². The molecular weight excluding hydrogens is 1790 g/mol. The van der Waals surface area contributed by atoms with E-state index in [1.807, 2.05) is 164 Å². The smallest absolute Gasteiger partial charge is 0.164 e. The zero-order valence-corrected chi connectivity index (χ0v) is 77.6. The number of thiophene rings is 3. The summed E-state index contributed by atoms with van der Waals surface area (Å²) < 4.78 is 4.64. The van der Waals surface area contributed by atoms with Gasteiger partial charge in [0.25, 0.3) is 0 Å². The Balaban J connectivity index is 0.000000111. The van der Waals surface area contributed by atoms with Crippen LogP contribution in [0.25, 0.3) is 264 Å². The minimum Gasteiger partial charge on any atom is -0.253 e. The maximum Gasteiger partial charge on any atom is 0.164 e. The van der Waals surface area contributed by atoms with Gasteiger partial charge in [-0.1, -0.05) is 394 Å². The number of fused-ring (bicyclic) bond motifs is 13. The minimum atomic E-state index is 0.620. The van der Waals surface area contributed by atoms with E-state index in [9.17, 15) is 0 Å². The van der Waals surface area contributed by atoms with E-state index in [-0.39, 0.29) is 0 Å². The fourth-order valence-corrected chi connectivity index (χ4v) is 21.1. The van der Waals surface area contributed by atoms with Crippen LogP contribution in [-0.2, 0) is 0 Å². The molecule has 0 saturated carbocycles. The molecule has 0 N–H and O–H groups in total. The van der Waals surface area contributed by atoms with Crippen molar-refractivity contribution in [2.45, 2.75) is 0 Å². The summed E-state index contributed by atoms with van der Waals surface area (Å²) in [5, 5.41) is 12.5. The summed E-state index contributed by atoms with van der Waals surface area (Å²) >= 11 is 5.08. The molecule has 0 bridgehead atoms. The van der Waals surface area contributed by atoms with Crippen molar-refractivity contribution in [2.24, 2.45) is 0 Å². The fraction of sp³-hybridized carbons (Fsp3) is 0. The molecule has 141 heavy (non-hydrogen) atoms. The van der Waals surface area contributed by atoms with Gasteiger partial charge in [-0.25, -0.2) is 64.8 Å². The Morgan fingerprint density at radius 2 is 0.468 bits per heavy atom. The molecular formula is C122H74N16S3. The maximum atomic E-state index is 5.11. The fourth-order valence-electron chi connectivity index (χ4n) is 17.8. The van der Waals surface area contributed by atoms with Gasteiger partial charge in [0.2, 0.25) is 0 Å². The van der Waals surface area contributed by atoms with E-state index in [0.717, 1.165) is 180 Å². The second kappa shape index (κ2) is 37.0. The number of rotatable bonds is 15. The van der Waals surface area contributed by atoms with Crippen molar-refractivity contribution in [1.29, 1.82) is 0 Å². The number of nitrogens with zero attached hydrogens (tertiary/aromatic N) is 16. The number of benzene rings is 17. The normalized spacial score (nSPS) is 11.4. The van der Waals surface area contributed by atoms with Crippen LogP contribution in [0.1, 0.15) is 0 Å². The highest BCUT2D eigenvalue weighted by Crippen LogP contribution is 2.44. The van der Waals surface area contributed by atoms with E-state index >= 15 is 0 Å². The molecule has 27 rings (SSSR count). The van der Waals surface area contributed by atoms with Crippen LogP contribution in [0.15, 0.2) is 449 Å². The zero-order chi connectivity index (χ0) is 93.5. The average Bonchev–Trinajstić information content (AvgIpc) is 1.65. The standard InChI is InChI=1S/2C41H25N5S.C40H24N6S/c1-3-10-26(11-4-1)27-18-22-30(23-19-27)39-44-38(29-12-5-2-6-13-29)45-40(46-39)31-24-20-28(21-25-31)32-15-9-16-34-36(32)43-41-37(42-34)33-14-7-8-17-35(33)47-41;1-3-9-26(10-4-1)27-15-19-30(20-16-27)40-42-39(29-11-5-2-6-12-29)43-41(44-40)31-21-17-28(18-22-31)32-23-24-36-34(25-32)37-38(47-36)33-13-7-8-14-35(33)45-46-37;1-3-9-25(10-4-1)26-15-19-29(20-16-26)38-44-37(28-11-5-2-6-12-28)45-39(46-38)30-21-17-27(18-22-30)31-23-24-41-34-35-40(47-36(31)34)43-33-14-8-7-13-32(33)42-35/h2*1-25H;1-24H. The van der Waals surface area contributed by atoms with Crippen LogP contribution in [0.3, 0.4) is 0 Å². The van der Waals surface area contributed by atoms with E-state index in [2.05, 4.69) is 295 Å². The second-order valence-electron chi connectivity index (χ2n) is 33.9. The molecule has 660 valence electrons. The molecule has 0 aliphatic rings. The lowest BCUT2D eigenvalue weighted by atomic mass is 10.0. The number of pyridine rings is 1. The van der Waals surface area contributed by atoms with Crippen molar-refractivity contribution in [1.82, 2.24) is 80.0 Å². The molecule has 10 aromatic heterocycles. The first-order valence-electron chi connectivity index (χ1n) is 46.1. The number of hydrogen-bond donors (Lipinski definition) is 0. The molecule has 0 aliphatic carbocycles. The SMILES string of the molecule is c1ccc(-c2ccc(-c3nc(-c4ccccc4)nc(-c4ccc(-c5ccc6sc7c8ccccc8nnc7c6c5)cc4)n3)cc2)cc1.c1ccc(-c2ccc(-c3nc(-c4ccccc4)nc(-c4ccc(-c5cccc6nc7c(nc56)sc5ccccc57)cc4)n3)cc2)cc1.c1ccc(-c2ccc(-c3nc(-c4ccccc4)nc(-c4ccc(-c5ccnc6c5sc5nc7ccccc7nc56)cc4)n3)cc2)cc1. The highest BCUT2D eigenvalue weighted by molar-refractivity contribution is 7.27. The molecule has 0 radical (unpaired) electrons. The summed E-state index contributed by atoms with van der Waals surface area (Å²) in [6, 6.07) is 151. The van der Waals surface area contributed by atoms with Gasteiger partial charge in [-0.05, 0) is 104 Å². The predicted octanol–water partition coefficient (Wildman–Crippen LogP) is 30.9. The third kappa shape index (κ3) is 16.9. The van der Waals surface area contributed by atoms with Gasteiger partial charge in [0.15, 0.2) is 52.4 Å². The molecule has 27 aromatic rings. The Morgan fingerprint density at radius 3 is 0.915 bits per heavy atom. The summed E-state index contributed by atoms with van der Waals surface area (Å²) in [7, 11) is 0. The van der Waals surface area contributed by atoms with Crippen LogP contribution in [0.4, 0.5) is 0 Å². The number of hydrogen-bond acceptors (Lipinski definition) is 19. The first-order valence-corrected chi connectivity index (χ1v) is 48.6. The predicted molar refractivity (Wildman–Crippen MR) is 577 cm³/mol. The lowest BCUT2D eigenvalue weighted by molar-refractivity contribution is 1.07. The van der Waals surface area contributed by atoms with E-state index in [1.165, 1.54) is 30.8 Å². The number of para-hydroxylation sites is 3. The van der Waals surface area contributed by atoms with Crippen molar-refractivity contribution in [3.63, 3.8) is 0 Å². The molecule has 0 aliphatic heterocycles. The van der Waals surface area contributed by atoms with Gasteiger partial charge in [0.1, 0.15) is 31.7 Å².